The number of nitrogens with one attached hydrogen (secondary N) is 1. The zero-order valence-corrected chi connectivity index (χ0v) is 12.4. The lowest BCUT2D eigenvalue weighted by Crippen LogP contribution is -2.44. The summed E-state index contributed by atoms with van der Waals surface area (Å²) in [4.78, 5) is 12.1. The van der Waals surface area contributed by atoms with Crippen molar-refractivity contribution < 1.29 is 18.5 Å². The third-order valence-electron chi connectivity index (χ3n) is 3.58. The molecular weight excluding hydrogens is 292 g/mol. The number of carbonyl (C=O) groups excluding carboxylic acids is 1. The number of hydrogen-bond acceptors (Lipinski definition) is 6. The van der Waals surface area contributed by atoms with Gasteiger partial charge in [-0.2, -0.15) is 11.8 Å². The number of ether oxygens (including phenoxy) is 1. The van der Waals surface area contributed by atoms with Gasteiger partial charge in [0.2, 0.25) is 5.76 Å². The normalized spacial score (nSPS) is 21.6. The minimum atomic E-state index is -0.273. The number of furan rings is 1. The molecule has 1 atom stereocenters. The maximum absolute atomic E-state index is 12.1. The lowest BCUT2D eigenvalue weighted by Gasteiger charge is -2.26. The Morgan fingerprint density at radius 3 is 3.14 bits per heavy atom. The number of methoxy groups -OCH3 is 1. The molecule has 1 N–H and O–H groups in total. The monoisotopic (exact) mass is 308 g/mol. The number of hydrogen-bond donors (Lipinski definition) is 1. The molecule has 0 aromatic carbocycles. The number of aromatic nitrogens is 1. The summed E-state index contributed by atoms with van der Waals surface area (Å²) in [7, 11) is 1.68. The second kappa shape index (κ2) is 5.95. The molecule has 0 aliphatic carbocycles. The van der Waals surface area contributed by atoms with Gasteiger partial charge in [-0.3, -0.25) is 4.79 Å². The summed E-state index contributed by atoms with van der Waals surface area (Å²) < 4.78 is 15.9. The SMILES string of the molecule is COC1(CNC(=O)c2cc(-c3ccco3)on2)CCSC1. The summed E-state index contributed by atoms with van der Waals surface area (Å²) in [6.07, 6.45) is 2.47. The molecule has 7 heteroatoms. The summed E-state index contributed by atoms with van der Waals surface area (Å²) >= 11 is 1.83. The smallest absolute Gasteiger partial charge is 0.273 e. The van der Waals surface area contributed by atoms with Crippen molar-refractivity contribution in [3.05, 3.63) is 30.2 Å². The number of amides is 1. The molecule has 0 saturated carbocycles. The summed E-state index contributed by atoms with van der Waals surface area (Å²) in [6, 6.07) is 5.06. The van der Waals surface area contributed by atoms with Gasteiger partial charge in [0, 0.05) is 25.5 Å². The van der Waals surface area contributed by atoms with E-state index in [1.165, 1.54) is 6.26 Å². The van der Waals surface area contributed by atoms with Crippen LogP contribution >= 0.6 is 11.8 Å². The van der Waals surface area contributed by atoms with Gasteiger partial charge in [0.1, 0.15) is 0 Å². The summed E-state index contributed by atoms with van der Waals surface area (Å²) in [5.41, 5.74) is -0.0354. The first-order valence-electron chi connectivity index (χ1n) is 6.64. The fourth-order valence-electron chi connectivity index (χ4n) is 2.21. The van der Waals surface area contributed by atoms with Gasteiger partial charge in [-0.05, 0) is 24.3 Å². The van der Waals surface area contributed by atoms with Crippen molar-refractivity contribution in [3.8, 4) is 11.5 Å². The van der Waals surface area contributed by atoms with Crippen LogP contribution in [-0.2, 0) is 4.74 Å². The van der Waals surface area contributed by atoms with Crippen LogP contribution < -0.4 is 5.32 Å². The molecule has 0 radical (unpaired) electrons. The average Bonchev–Trinajstić information content (AvgIpc) is 3.25. The number of thioether (sulfide) groups is 1. The lowest BCUT2D eigenvalue weighted by molar-refractivity contribution is 0.0136. The van der Waals surface area contributed by atoms with E-state index in [1.807, 2.05) is 11.8 Å². The van der Waals surface area contributed by atoms with Gasteiger partial charge in [-0.1, -0.05) is 5.16 Å². The van der Waals surface area contributed by atoms with Gasteiger partial charge < -0.3 is 19.0 Å². The van der Waals surface area contributed by atoms with Crippen LogP contribution in [0.3, 0.4) is 0 Å². The molecule has 3 rings (SSSR count). The van der Waals surface area contributed by atoms with Crippen molar-refractivity contribution in [1.29, 1.82) is 0 Å². The van der Waals surface area contributed by atoms with Gasteiger partial charge in [0.25, 0.3) is 5.91 Å². The standard InChI is InChI=1S/C14H16N2O4S/c1-18-14(4-6-21-9-14)8-15-13(17)10-7-12(20-16-10)11-3-2-5-19-11/h2-3,5,7H,4,6,8-9H2,1H3,(H,15,17). The van der Waals surface area contributed by atoms with Crippen LogP contribution in [-0.4, -0.2) is 41.8 Å². The van der Waals surface area contributed by atoms with Crippen LogP contribution in [0.25, 0.3) is 11.5 Å². The molecule has 0 bridgehead atoms. The minimum absolute atomic E-state index is 0.235. The number of carbonyl (C=O) groups is 1. The van der Waals surface area contributed by atoms with Crippen molar-refractivity contribution >= 4 is 17.7 Å². The Kier molecular flexibility index (Phi) is 4.03. The van der Waals surface area contributed by atoms with Crippen LogP contribution in [0.15, 0.2) is 33.4 Å². The molecule has 1 unspecified atom stereocenters. The van der Waals surface area contributed by atoms with Gasteiger partial charge in [-0.25, -0.2) is 0 Å². The van der Waals surface area contributed by atoms with Gasteiger partial charge in [-0.15, -0.1) is 0 Å². The Labute approximate surface area is 126 Å². The first kappa shape index (κ1) is 14.2. The molecular formula is C14H16N2O4S. The highest BCUT2D eigenvalue weighted by Crippen LogP contribution is 2.30. The molecule has 1 aliphatic heterocycles. The molecule has 3 heterocycles. The van der Waals surface area contributed by atoms with Crippen LogP contribution in [0.4, 0.5) is 0 Å². The van der Waals surface area contributed by atoms with Crippen LogP contribution in [0.5, 0.6) is 0 Å². The van der Waals surface area contributed by atoms with Crippen molar-refractivity contribution in [2.24, 2.45) is 0 Å². The Morgan fingerprint density at radius 1 is 1.57 bits per heavy atom. The highest BCUT2D eigenvalue weighted by Gasteiger charge is 2.35. The highest BCUT2D eigenvalue weighted by atomic mass is 32.2. The Balaban J connectivity index is 1.63. The van der Waals surface area contributed by atoms with Crippen molar-refractivity contribution in [3.63, 3.8) is 0 Å². The van der Waals surface area contributed by atoms with Crippen LogP contribution in [0.1, 0.15) is 16.9 Å². The molecule has 0 spiro atoms. The predicted octanol–water partition coefficient (Wildman–Crippen LogP) is 2.19. The average molecular weight is 308 g/mol. The van der Waals surface area contributed by atoms with E-state index in [1.54, 1.807) is 25.3 Å². The molecule has 1 amide bonds. The maximum atomic E-state index is 12.1. The second-order valence-corrected chi connectivity index (χ2v) is 6.03. The summed E-state index contributed by atoms with van der Waals surface area (Å²) in [5, 5.41) is 6.63. The largest absolute Gasteiger partial charge is 0.461 e. The lowest BCUT2D eigenvalue weighted by atomic mass is 10.0. The predicted molar refractivity (Wildman–Crippen MR) is 78.2 cm³/mol. The molecule has 2 aromatic rings. The summed E-state index contributed by atoms with van der Waals surface area (Å²) in [6.45, 7) is 0.471. The van der Waals surface area contributed by atoms with E-state index in [0.29, 0.717) is 18.1 Å². The minimum Gasteiger partial charge on any atom is -0.461 e. The number of nitrogens with zero attached hydrogens (tertiary/aromatic N) is 1. The molecule has 2 aromatic heterocycles. The first-order valence-corrected chi connectivity index (χ1v) is 7.80. The van der Waals surface area contributed by atoms with E-state index in [9.17, 15) is 4.79 Å². The Bertz CT molecular complexity index is 602. The van der Waals surface area contributed by atoms with E-state index < -0.39 is 0 Å². The first-order chi connectivity index (χ1) is 10.2. The fraction of sp³-hybridized carbons (Fsp3) is 0.429. The van der Waals surface area contributed by atoms with E-state index >= 15 is 0 Å². The van der Waals surface area contributed by atoms with Crippen molar-refractivity contribution in [2.45, 2.75) is 12.0 Å². The van der Waals surface area contributed by atoms with Crippen molar-refractivity contribution in [1.82, 2.24) is 10.5 Å². The van der Waals surface area contributed by atoms with E-state index in [2.05, 4.69) is 10.5 Å². The molecule has 1 saturated heterocycles. The van der Waals surface area contributed by atoms with E-state index in [0.717, 1.165) is 17.9 Å². The fourth-order valence-corrected chi connectivity index (χ4v) is 3.61. The Morgan fingerprint density at radius 2 is 2.48 bits per heavy atom. The van der Waals surface area contributed by atoms with Gasteiger partial charge in [0.05, 0.1) is 11.9 Å². The van der Waals surface area contributed by atoms with Crippen LogP contribution in [0, 0.1) is 0 Å². The topological polar surface area (TPSA) is 77.5 Å². The van der Waals surface area contributed by atoms with Crippen molar-refractivity contribution in [2.75, 3.05) is 25.2 Å². The zero-order valence-electron chi connectivity index (χ0n) is 11.6. The molecule has 6 nitrogen and oxygen atoms in total. The molecule has 21 heavy (non-hydrogen) atoms. The third-order valence-corrected chi connectivity index (χ3v) is 4.80. The quantitative estimate of drug-likeness (QED) is 0.912. The third kappa shape index (κ3) is 2.98. The Hall–Kier alpha value is -1.73. The highest BCUT2D eigenvalue weighted by molar-refractivity contribution is 7.99. The molecule has 112 valence electrons. The van der Waals surface area contributed by atoms with E-state index in [-0.39, 0.29) is 17.2 Å². The van der Waals surface area contributed by atoms with Gasteiger partial charge in [0.15, 0.2) is 11.5 Å². The van der Waals surface area contributed by atoms with Crippen LogP contribution in [0.2, 0.25) is 0 Å². The molecule has 1 aliphatic rings. The molecule has 1 fully saturated rings. The summed E-state index contributed by atoms with van der Waals surface area (Å²) in [5.74, 6) is 2.64. The number of rotatable bonds is 5. The van der Waals surface area contributed by atoms with E-state index in [4.69, 9.17) is 13.7 Å². The zero-order chi connectivity index (χ0) is 14.7. The van der Waals surface area contributed by atoms with Gasteiger partial charge >= 0.3 is 0 Å². The maximum Gasteiger partial charge on any atom is 0.273 e. The second-order valence-electron chi connectivity index (χ2n) is 4.93.